The van der Waals surface area contributed by atoms with Crippen molar-refractivity contribution in [3.05, 3.63) is 34.4 Å². The number of nitrogens with two attached hydrogens (primary N) is 2. The smallest absolute Gasteiger partial charge is 0.280 e. The minimum atomic E-state index is -0.416. The molecule has 0 unspecified atom stereocenters. The fourth-order valence-corrected chi connectivity index (χ4v) is 3.50. The average molecular weight is 359 g/mol. The van der Waals surface area contributed by atoms with Crippen molar-refractivity contribution in [2.75, 3.05) is 33.7 Å². The lowest BCUT2D eigenvalue weighted by Gasteiger charge is -2.33. The van der Waals surface area contributed by atoms with E-state index in [9.17, 15) is 9.59 Å². The molecule has 2 amide bonds. The topological polar surface area (TPSA) is 105 Å². The lowest BCUT2D eigenvalue weighted by Crippen LogP contribution is -2.42. The second kappa shape index (κ2) is 8.31. The first-order valence-corrected chi connectivity index (χ1v) is 8.86. The van der Waals surface area contributed by atoms with Crippen molar-refractivity contribution >= 4 is 17.8 Å². The third-order valence-electron chi connectivity index (χ3n) is 4.81. The minimum absolute atomic E-state index is 0.180. The van der Waals surface area contributed by atoms with Crippen LogP contribution in [0.4, 0.5) is 0 Å². The lowest BCUT2D eigenvalue weighted by atomic mass is 9.84. The first-order chi connectivity index (χ1) is 12.2. The maximum absolute atomic E-state index is 12.2. The SMILES string of the molecule is Cc1cc(C2CCN(C(=O)CN(C)C)CC2)c(C)cc1C(=O)N=C(N)N. The summed E-state index contributed by atoms with van der Waals surface area (Å²) >= 11 is 0. The van der Waals surface area contributed by atoms with Crippen LogP contribution in [-0.4, -0.2) is 61.3 Å². The highest BCUT2D eigenvalue weighted by Crippen LogP contribution is 2.32. The molecule has 7 heteroatoms. The number of rotatable bonds is 4. The Bertz CT molecular complexity index is 715. The van der Waals surface area contributed by atoms with Gasteiger partial charge in [-0.25, -0.2) is 0 Å². The van der Waals surface area contributed by atoms with Gasteiger partial charge in [0.2, 0.25) is 5.91 Å². The number of likely N-dealkylation sites (tertiary alicyclic amines) is 1. The number of aryl methyl sites for hydroxylation is 2. The number of hydrogen-bond donors (Lipinski definition) is 2. The molecule has 0 radical (unpaired) electrons. The molecule has 1 aliphatic rings. The zero-order valence-electron chi connectivity index (χ0n) is 16.1. The molecule has 2 rings (SSSR count). The molecule has 0 aromatic heterocycles. The number of amides is 2. The molecular formula is C19H29N5O2. The molecule has 142 valence electrons. The largest absolute Gasteiger partial charge is 0.370 e. The van der Waals surface area contributed by atoms with Gasteiger partial charge in [0.05, 0.1) is 6.54 Å². The van der Waals surface area contributed by atoms with Crippen LogP contribution in [0, 0.1) is 13.8 Å². The van der Waals surface area contributed by atoms with E-state index in [1.807, 2.05) is 43.8 Å². The predicted octanol–water partition coefficient (Wildman–Crippen LogP) is 0.985. The van der Waals surface area contributed by atoms with Crippen LogP contribution in [0.5, 0.6) is 0 Å². The van der Waals surface area contributed by atoms with Gasteiger partial charge < -0.3 is 21.3 Å². The highest BCUT2D eigenvalue weighted by atomic mass is 16.2. The first kappa shape index (κ1) is 19.9. The molecule has 0 bridgehead atoms. The van der Waals surface area contributed by atoms with Crippen LogP contribution in [0.2, 0.25) is 0 Å². The quantitative estimate of drug-likeness (QED) is 0.616. The van der Waals surface area contributed by atoms with Crippen LogP contribution in [0.15, 0.2) is 17.1 Å². The van der Waals surface area contributed by atoms with Crippen LogP contribution in [0.3, 0.4) is 0 Å². The summed E-state index contributed by atoms with van der Waals surface area (Å²) < 4.78 is 0. The minimum Gasteiger partial charge on any atom is -0.370 e. The number of nitrogens with zero attached hydrogens (tertiary/aromatic N) is 3. The summed E-state index contributed by atoms with van der Waals surface area (Å²) in [4.78, 5) is 31.8. The number of carbonyl (C=O) groups excluding carboxylic acids is 2. The Labute approximate surface area is 155 Å². The first-order valence-electron chi connectivity index (χ1n) is 8.86. The monoisotopic (exact) mass is 359 g/mol. The fourth-order valence-electron chi connectivity index (χ4n) is 3.50. The maximum Gasteiger partial charge on any atom is 0.280 e. The molecule has 1 saturated heterocycles. The van der Waals surface area contributed by atoms with E-state index in [0.717, 1.165) is 37.1 Å². The van der Waals surface area contributed by atoms with E-state index >= 15 is 0 Å². The summed E-state index contributed by atoms with van der Waals surface area (Å²) in [6, 6.07) is 3.93. The molecule has 0 aliphatic carbocycles. The molecule has 0 spiro atoms. The van der Waals surface area contributed by atoms with Crippen LogP contribution in [0.25, 0.3) is 0 Å². The van der Waals surface area contributed by atoms with Crippen LogP contribution >= 0.6 is 0 Å². The van der Waals surface area contributed by atoms with Gasteiger partial charge in [0, 0.05) is 18.7 Å². The van der Waals surface area contributed by atoms with Crippen molar-refractivity contribution in [1.29, 1.82) is 0 Å². The second-order valence-corrected chi connectivity index (χ2v) is 7.26. The molecule has 7 nitrogen and oxygen atoms in total. The summed E-state index contributed by atoms with van der Waals surface area (Å²) in [7, 11) is 3.81. The van der Waals surface area contributed by atoms with Crippen molar-refractivity contribution < 1.29 is 9.59 Å². The van der Waals surface area contributed by atoms with E-state index in [1.165, 1.54) is 5.56 Å². The number of benzene rings is 1. The Hall–Kier alpha value is -2.41. The molecule has 1 aromatic rings. The molecule has 1 aromatic carbocycles. The number of guanidine groups is 1. The highest BCUT2D eigenvalue weighted by molar-refractivity contribution is 6.03. The van der Waals surface area contributed by atoms with E-state index in [4.69, 9.17) is 11.5 Å². The van der Waals surface area contributed by atoms with Gasteiger partial charge in [-0.3, -0.25) is 9.59 Å². The summed E-state index contributed by atoms with van der Waals surface area (Å²) in [5.74, 6) is -0.0731. The van der Waals surface area contributed by atoms with Crippen molar-refractivity contribution in [1.82, 2.24) is 9.80 Å². The zero-order valence-corrected chi connectivity index (χ0v) is 16.1. The zero-order chi connectivity index (χ0) is 19.4. The van der Waals surface area contributed by atoms with Gasteiger partial charge in [0.25, 0.3) is 5.91 Å². The van der Waals surface area contributed by atoms with Crippen LogP contribution in [-0.2, 0) is 4.79 Å². The van der Waals surface area contributed by atoms with E-state index < -0.39 is 5.91 Å². The number of aliphatic imine (C=N–C) groups is 1. The Morgan fingerprint density at radius 3 is 2.31 bits per heavy atom. The van der Waals surface area contributed by atoms with Crippen molar-refractivity contribution in [3.63, 3.8) is 0 Å². The number of carbonyl (C=O) groups is 2. The Morgan fingerprint density at radius 2 is 1.77 bits per heavy atom. The second-order valence-electron chi connectivity index (χ2n) is 7.26. The van der Waals surface area contributed by atoms with E-state index in [-0.39, 0.29) is 11.9 Å². The van der Waals surface area contributed by atoms with E-state index in [0.29, 0.717) is 18.0 Å². The Balaban J connectivity index is 2.11. The van der Waals surface area contributed by atoms with Crippen LogP contribution < -0.4 is 11.5 Å². The van der Waals surface area contributed by atoms with Gasteiger partial charge in [-0.2, -0.15) is 4.99 Å². The van der Waals surface area contributed by atoms with Gasteiger partial charge in [-0.05, 0) is 69.5 Å². The third-order valence-corrected chi connectivity index (χ3v) is 4.81. The molecule has 1 heterocycles. The van der Waals surface area contributed by atoms with Gasteiger partial charge in [-0.15, -0.1) is 0 Å². The fraction of sp³-hybridized carbons (Fsp3) is 0.526. The predicted molar refractivity (Wildman–Crippen MR) is 103 cm³/mol. The molecular weight excluding hydrogens is 330 g/mol. The third kappa shape index (κ3) is 4.82. The van der Waals surface area contributed by atoms with Gasteiger partial charge in [0.1, 0.15) is 0 Å². The molecule has 26 heavy (non-hydrogen) atoms. The lowest BCUT2D eigenvalue weighted by molar-refractivity contribution is -0.132. The highest BCUT2D eigenvalue weighted by Gasteiger charge is 2.25. The number of hydrogen-bond acceptors (Lipinski definition) is 3. The van der Waals surface area contributed by atoms with E-state index in [2.05, 4.69) is 11.1 Å². The number of piperidine rings is 1. The molecule has 4 N–H and O–H groups in total. The maximum atomic E-state index is 12.2. The van der Waals surface area contributed by atoms with Crippen molar-refractivity contribution in [2.45, 2.75) is 32.6 Å². The summed E-state index contributed by atoms with van der Waals surface area (Å²) in [6.07, 6.45) is 1.86. The van der Waals surface area contributed by atoms with Gasteiger partial charge in [0.15, 0.2) is 5.96 Å². The summed E-state index contributed by atoms with van der Waals surface area (Å²) in [5, 5.41) is 0. The molecule has 0 atom stereocenters. The van der Waals surface area contributed by atoms with Crippen LogP contribution in [0.1, 0.15) is 45.8 Å². The van der Waals surface area contributed by atoms with Crippen molar-refractivity contribution in [2.24, 2.45) is 16.5 Å². The summed E-state index contributed by atoms with van der Waals surface area (Å²) in [6.45, 7) is 5.89. The van der Waals surface area contributed by atoms with Crippen molar-refractivity contribution in [3.8, 4) is 0 Å². The summed E-state index contributed by atoms with van der Waals surface area (Å²) in [5.41, 5.74) is 14.3. The normalized spacial score (nSPS) is 15.2. The van der Waals surface area contributed by atoms with Gasteiger partial charge >= 0.3 is 0 Å². The van der Waals surface area contributed by atoms with E-state index in [1.54, 1.807) is 0 Å². The van der Waals surface area contributed by atoms with Gasteiger partial charge in [-0.1, -0.05) is 6.07 Å². The molecule has 0 saturated carbocycles. The average Bonchev–Trinajstić information content (AvgIpc) is 2.55. The number of likely N-dealkylation sites (N-methyl/N-ethyl adjacent to an activating group) is 1. The molecule has 1 fully saturated rings. The standard InChI is InChI=1S/C19H29N5O2/c1-12-10-16(18(26)22-19(20)21)13(2)9-15(12)14-5-7-24(8-6-14)17(25)11-23(3)4/h9-10,14H,5-8,11H2,1-4H3,(H4,20,21,22,26). The Morgan fingerprint density at radius 1 is 1.15 bits per heavy atom. The molecule has 1 aliphatic heterocycles. The Kier molecular flexibility index (Phi) is 6.37.